The van der Waals surface area contributed by atoms with E-state index in [1.54, 1.807) is 0 Å². The number of nitrogens with one attached hydrogen (secondary N) is 1. The zero-order chi connectivity index (χ0) is 12.4. The topological polar surface area (TPSA) is 47.0 Å². The summed E-state index contributed by atoms with van der Waals surface area (Å²) in [7, 11) is 0. The number of hydrogen-bond acceptors (Lipinski definition) is 2. The van der Waals surface area contributed by atoms with Gasteiger partial charge in [-0.3, -0.25) is 0 Å². The summed E-state index contributed by atoms with van der Waals surface area (Å²) in [6.07, 6.45) is 0. The first kappa shape index (κ1) is 10.7. The van der Waals surface area contributed by atoms with Crippen LogP contribution in [0.4, 0.5) is 0 Å². The zero-order valence-corrected chi connectivity index (χ0v) is 9.67. The van der Waals surface area contributed by atoms with Crippen molar-refractivity contribution in [3.05, 3.63) is 70.6 Å². The van der Waals surface area contributed by atoms with Gasteiger partial charge in [0.15, 0.2) is 0 Å². The average molecular weight is 240 g/mol. The maximum Gasteiger partial charge on any atom is 0.359 e. The Bertz CT molecular complexity index is 713. The van der Waals surface area contributed by atoms with Crippen LogP contribution < -0.4 is 10.5 Å². The van der Waals surface area contributed by atoms with Crippen molar-refractivity contribution in [2.75, 3.05) is 0 Å². The van der Waals surface area contributed by atoms with Crippen LogP contribution >= 0.6 is 0 Å². The molecule has 3 aromatic rings. The Balaban J connectivity index is 1.91. The van der Waals surface area contributed by atoms with E-state index in [9.17, 15) is 4.79 Å². The molecule has 2 aromatic carbocycles. The molecule has 3 rings (SSSR count). The lowest BCUT2D eigenvalue weighted by Gasteiger charge is -2.06. The van der Waals surface area contributed by atoms with Gasteiger partial charge in [-0.05, 0) is 17.7 Å². The van der Waals surface area contributed by atoms with Gasteiger partial charge in [0.25, 0.3) is 0 Å². The lowest BCUT2D eigenvalue weighted by atomic mass is 10.2. The van der Waals surface area contributed by atoms with E-state index < -0.39 is 0 Å². The SMILES string of the molecule is O=c1[nH]c2ccccc2n1OCc1ccccc1. The molecular weight excluding hydrogens is 228 g/mol. The molecule has 0 spiro atoms. The van der Waals surface area contributed by atoms with Crippen LogP contribution in [0.15, 0.2) is 59.4 Å². The molecule has 0 bridgehead atoms. The number of aromatic amines is 1. The van der Waals surface area contributed by atoms with Gasteiger partial charge in [0, 0.05) is 0 Å². The summed E-state index contributed by atoms with van der Waals surface area (Å²) in [6.45, 7) is 0.364. The van der Waals surface area contributed by atoms with E-state index in [1.165, 1.54) is 4.73 Å². The summed E-state index contributed by atoms with van der Waals surface area (Å²) in [4.78, 5) is 20.0. The number of aromatic nitrogens is 2. The minimum absolute atomic E-state index is 0.257. The Morgan fingerprint density at radius 2 is 1.72 bits per heavy atom. The third kappa shape index (κ3) is 1.88. The minimum Gasteiger partial charge on any atom is -0.404 e. The van der Waals surface area contributed by atoms with E-state index in [1.807, 2.05) is 54.6 Å². The van der Waals surface area contributed by atoms with Gasteiger partial charge in [0.1, 0.15) is 12.1 Å². The summed E-state index contributed by atoms with van der Waals surface area (Å²) < 4.78 is 1.29. The Kier molecular flexibility index (Phi) is 2.61. The quantitative estimate of drug-likeness (QED) is 0.760. The lowest BCUT2D eigenvalue weighted by Crippen LogP contribution is -2.24. The summed E-state index contributed by atoms with van der Waals surface area (Å²) >= 11 is 0. The Labute approximate surface area is 103 Å². The molecule has 0 aliphatic rings. The number of hydrogen-bond donors (Lipinski definition) is 1. The molecule has 0 radical (unpaired) electrons. The Morgan fingerprint density at radius 3 is 2.56 bits per heavy atom. The molecule has 4 heteroatoms. The number of para-hydroxylation sites is 2. The zero-order valence-electron chi connectivity index (χ0n) is 9.67. The maximum absolute atomic E-state index is 11.7. The number of rotatable bonds is 3. The van der Waals surface area contributed by atoms with Crippen LogP contribution in [0, 0.1) is 0 Å². The third-order valence-electron chi connectivity index (χ3n) is 2.75. The van der Waals surface area contributed by atoms with Crippen molar-refractivity contribution in [1.82, 2.24) is 9.71 Å². The smallest absolute Gasteiger partial charge is 0.359 e. The molecule has 4 nitrogen and oxygen atoms in total. The van der Waals surface area contributed by atoms with Gasteiger partial charge in [-0.2, -0.15) is 0 Å². The highest BCUT2D eigenvalue weighted by atomic mass is 16.7. The van der Waals surface area contributed by atoms with E-state index in [2.05, 4.69) is 4.98 Å². The second-order valence-electron chi connectivity index (χ2n) is 4.00. The highest BCUT2D eigenvalue weighted by Gasteiger charge is 2.06. The number of fused-ring (bicyclic) bond motifs is 1. The monoisotopic (exact) mass is 240 g/mol. The molecule has 0 saturated carbocycles. The second kappa shape index (κ2) is 4.41. The molecule has 1 aromatic heterocycles. The molecule has 0 fully saturated rings. The Hall–Kier alpha value is -2.49. The Morgan fingerprint density at radius 1 is 1.00 bits per heavy atom. The summed E-state index contributed by atoms with van der Waals surface area (Å²) in [5.74, 6) is 0. The first-order chi connectivity index (χ1) is 8.84. The first-order valence-electron chi connectivity index (χ1n) is 5.71. The molecule has 1 heterocycles. The van der Waals surface area contributed by atoms with E-state index in [4.69, 9.17) is 4.84 Å². The van der Waals surface area contributed by atoms with Crippen molar-refractivity contribution in [2.24, 2.45) is 0 Å². The highest BCUT2D eigenvalue weighted by Crippen LogP contribution is 2.08. The molecule has 0 aliphatic heterocycles. The van der Waals surface area contributed by atoms with E-state index in [-0.39, 0.29) is 5.69 Å². The second-order valence-corrected chi connectivity index (χ2v) is 4.00. The van der Waals surface area contributed by atoms with Crippen LogP contribution in [-0.2, 0) is 6.61 Å². The summed E-state index contributed by atoms with van der Waals surface area (Å²) in [5.41, 5.74) is 2.29. The largest absolute Gasteiger partial charge is 0.404 e. The van der Waals surface area contributed by atoms with E-state index in [0.29, 0.717) is 6.61 Å². The molecule has 0 atom stereocenters. The normalized spacial score (nSPS) is 10.7. The van der Waals surface area contributed by atoms with Gasteiger partial charge in [0.05, 0.1) is 5.52 Å². The average Bonchev–Trinajstić information content (AvgIpc) is 2.73. The van der Waals surface area contributed by atoms with Crippen LogP contribution in [0.3, 0.4) is 0 Å². The molecule has 0 unspecified atom stereocenters. The number of nitrogens with zero attached hydrogens (tertiary/aromatic N) is 1. The molecule has 0 saturated heterocycles. The maximum atomic E-state index is 11.7. The third-order valence-corrected chi connectivity index (χ3v) is 2.75. The first-order valence-corrected chi connectivity index (χ1v) is 5.71. The molecule has 0 amide bonds. The fraction of sp³-hybridized carbons (Fsp3) is 0.0714. The van der Waals surface area contributed by atoms with Crippen molar-refractivity contribution < 1.29 is 4.84 Å². The van der Waals surface area contributed by atoms with E-state index in [0.717, 1.165) is 16.6 Å². The number of benzene rings is 2. The van der Waals surface area contributed by atoms with E-state index >= 15 is 0 Å². The van der Waals surface area contributed by atoms with Crippen molar-refractivity contribution in [2.45, 2.75) is 6.61 Å². The van der Waals surface area contributed by atoms with Crippen molar-refractivity contribution >= 4 is 11.0 Å². The van der Waals surface area contributed by atoms with Gasteiger partial charge in [-0.15, -0.1) is 4.73 Å². The van der Waals surface area contributed by atoms with Gasteiger partial charge >= 0.3 is 5.69 Å². The van der Waals surface area contributed by atoms with Gasteiger partial charge < -0.3 is 9.82 Å². The fourth-order valence-electron chi connectivity index (χ4n) is 1.87. The van der Waals surface area contributed by atoms with Crippen molar-refractivity contribution in [3.63, 3.8) is 0 Å². The van der Waals surface area contributed by atoms with Crippen molar-refractivity contribution in [1.29, 1.82) is 0 Å². The van der Waals surface area contributed by atoms with Crippen LogP contribution in [0.5, 0.6) is 0 Å². The predicted octanol–water partition coefficient (Wildman–Crippen LogP) is 1.96. The molecule has 0 aliphatic carbocycles. The van der Waals surface area contributed by atoms with Crippen LogP contribution in [0.1, 0.15) is 5.56 Å². The summed E-state index contributed by atoms with van der Waals surface area (Å²) in [6, 6.07) is 17.2. The van der Waals surface area contributed by atoms with Gasteiger partial charge in [-0.25, -0.2) is 4.79 Å². The molecule has 18 heavy (non-hydrogen) atoms. The minimum atomic E-state index is -0.257. The number of H-pyrrole nitrogens is 1. The molecule has 90 valence electrons. The number of imidazole rings is 1. The summed E-state index contributed by atoms with van der Waals surface area (Å²) in [5, 5.41) is 0. The van der Waals surface area contributed by atoms with Gasteiger partial charge in [-0.1, -0.05) is 42.5 Å². The molecule has 1 N–H and O–H groups in total. The van der Waals surface area contributed by atoms with Crippen LogP contribution in [-0.4, -0.2) is 9.71 Å². The fourth-order valence-corrected chi connectivity index (χ4v) is 1.87. The van der Waals surface area contributed by atoms with Crippen molar-refractivity contribution in [3.8, 4) is 0 Å². The predicted molar refractivity (Wildman–Crippen MR) is 69.3 cm³/mol. The highest BCUT2D eigenvalue weighted by molar-refractivity contribution is 5.74. The van der Waals surface area contributed by atoms with Crippen LogP contribution in [0.25, 0.3) is 11.0 Å². The van der Waals surface area contributed by atoms with Gasteiger partial charge in [0.2, 0.25) is 0 Å². The van der Waals surface area contributed by atoms with Crippen LogP contribution in [0.2, 0.25) is 0 Å². The molecular formula is C14H12N2O2. The lowest BCUT2D eigenvalue weighted by molar-refractivity contribution is 0.0989. The standard InChI is InChI=1S/C14H12N2O2/c17-14-15-12-8-4-5-9-13(12)16(14)18-10-11-6-2-1-3-7-11/h1-9H,10H2,(H,15,17).